The SMILES string of the molecule is CC(c1nc(-c2ccon2)no1)n1ccc(C(F)(F)F)n1. The average molecular weight is 299 g/mol. The van der Waals surface area contributed by atoms with Gasteiger partial charge in [-0.25, -0.2) is 0 Å². The van der Waals surface area contributed by atoms with Crippen molar-refractivity contribution < 1.29 is 22.2 Å². The fourth-order valence-corrected chi connectivity index (χ4v) is 1.65. The first-order chi connectivity index (χ1) is 9.95. The lowest BCUT2D eigenvalue weighted by Crippen LogP contribution is -2.11. The van der Waals surface area contributed by atoms with Crippen LogP contribution in [0.25, 0.3) is 11.5 Å². The molecule has 110 valence electrons. The molecule has 0 spiro atoms. The summed E-state index contributed by atoms with van der Waals surface area (Å²) in [7, 11) is 0. The van der Waals surface area contributed by atoms with Crippen LogP contribution in [-0.4, -0.2) is 25.1 Å². The summed E-state index contributed by atoms with van der Waals surface area (Å²) in [5, 5.41) is 10.8. The highest BCUT2D eigenvalue weighted by Gasteiger charge is 2.34. The summed E-state index contributed by atoms with van der Waals surface area (Å²) in [5.74, 6) is 0.304. The third-order valence-electron chi connectivity index (χ3n) is 2.76. The van der Waals surface area contributed by atoms with Gasteiger partial charge in [0.15, 0.2) is 11.4 Å². The molecule has 3 aromatic heterocycles. The molecule has 0 aliphatic heterocycles. The molecule has 3 rings (SSSR count). The molecular weight excluding hydrogens is 291 g/mol. The van der Waals surface area contributed by atoms with E-state index in [1.165, 1.54) is 18.5 Å². The van der Waals surface area contributed by atoms with E-state index >= 15 is 0 Å². The Balaban J connectivity index is 1.85. The molecule has 0 amide bonds. The molecule has 1 atom stereocenters. The zero-order chi connectivity index (χ0) is 15.0. The fraction of sp³-hybridized carbons (Fsp3) is 0.273. The van der Waals surface area contributed by atoms with E-state index in [1.807, 2.05) is 0 Å². The van der Waals surface area contributed by atoms with Gasteiger partial charge in [-0.1, -0.05) is 10.3 Å². The lowest BCUT2D eigenvalue weighted by molar-refractivity contribution is -0.141. The van der Waals surface area contributed by atoms with Crippen molar-refractivity contribution in [1.82, 2.24) is 25.1 Å². The molecular formula is C11H8F3N5O2. The van der Waals surface area contributed by atoms with Crippen LogP contribution in [0.2, 0.25) is 0 Å². The van der Waals surface area contributed by atoms with Gasteiger partial charge in [0.1, 0.15) is 12.3 Å². The third kappa shape index (κ3) is 2.51. The van der Waals surface area contributed by atoms with Gasteiger partial charge >= 0.3 is 6.18 Å². The molecule has 0 aliphatic rings. The van der Waals surface area contributed by atoms with Gasteiger partial charge in [0.05, 0.1) is 0 Å². The minimum atomic E-state index is -4.49. The van der Waals surface area contributed by atoms with E-state index in [0.29, 0.717) is 5.69 Å². The maximum absolute atomic E-state index is 12.5. The van der Waals surface area contributed by atoms with Gasteiger partial charge in [0, 0.05) is 12.3 Å². The zero-order valence-electron chi connectivity index (χ0n) is 10.6. The van der Waals surface area contributed by atoms with Crippen molar-refractivity contribution in [2.24, 2.45) is 0 Å². The standard InChI is InChI=1S/C11H8F3N5O2/c1-6(19-4-2-8(16-19)11(12,13)14)10-15-9(18-21-10)7-3-5-20-17-7/h2-6H,1H3. The molecule has 0 fully saturated rings. The minimum Gasteiger partial charge on any atom is -0.364 e. The number of halogens is 3. The van der Waals surface area contributed by atoms with Crippen LogP contribution in [0.1, 0.15) is 24.6 Å². The van der Waals surface area contributed by atoms with E-state index < -0.39 is 17.9 Å². The number of aromatic nitrogens is 5. The van der Waals surface area contributed by atoms with Gasteiger partial charge in [0.25, 0.3) is 5.89 Å². The summed E-state index contributed by atoms with van der Waals surface area (Å²) in [4.78, 5) is 4.06. The molecule has 0 saturated carbocycles. The average Bonchev–Trinajstić information content (AvgIpc) is 3.17. The van der Waals surface area contributed by atoms with Crippen LogP contribution < -0.4 is 0 Å². The molecule has 0 bridgehead atoms. The first kappa shape index (κ1) is 13.3. The first-order valence-electron chi connectivity index (χ1n) is 5.82. The van der Waals surface area contributed by atoms with Crippen LogP contribution in [-0.2, 0) is 6.18 Å². The lowest BCUT2D eigenvalue weighted by Gasteiger charge is -2.07. The second-order valence-electron chi connectivity index (χ2n) is 4.20. The summed E-state index contributed by atoms with van der Waals surface area (Å²) in [6.45, 7) is 1.59. The molecule has 7 nitrogen and oxygen atoms in total. The third-order valence-corrected chi connectivity index (χ3v) is 2.76. The Labute approximate surface area is 115 Å². The second-order valence-corrected chi connectivity index (χ2v) is 4.20. The summed E-state index contributed by atoms with van der Waals surface area (Å²) >= 11 is 0. The van der Waals surface area contributed by atoms with E-state index in [-0.39, 0.29) is 11.7 Å². The monoisotopic (exact) mass is 299 g/mol. The Morgan fingerprint density at radius 3 is 2.67 bits per heavy atom. The Kier molecular flexibility index (Phi) is 3.00. The Hall–Kier alpha value is -2.65. The number of hydrogen-bond donors (Lipinski definition) is 0. The van der Waals surface area contributed by atoms with E-state index in [1.54, 1.807) is 6.92 Å². The molecule has 0 N–H and O–H groups in total. The molecule has 21 heavy (non-hydrogen) atoms. The predicted molar refractivity (Wildman–Crippen MR) is 60.8 cm³/mol. The van der Waals surface area contributed by atoms with Crippen molar-refractivity contribution in [3.8, 4) is 11.5 Å². The minimum absolute atomic E-state index is 0.116. The molecule has 1 unspecified atom stereocenters. The first-order valence-corrected chi connectivity index (χ1v) is 5.82. The molecule has 0 aromatic carbocycles. The Morgan fingerprint density at radius 1 is 1.24 bits per heavy atom. The molecule has 0 aliphatic carbocycles. The van der Waals surface area contributed by atoms with Crippen molar-refractivity contribution in [1.29, 1.82) is 0 Å². The van der Waals surface area contributed by atoms with Gasteiger partial charge < -0.3 is 9.05 Å². The quantitative estimate of drug-likeness (QED) is 0.739. The predicted octanol–water partition coefficient (Wildman–Crippen LogP) is 2.55. The molecule has 3 heterocycles. The number of rotatable bonds is 3. The van der Waals surface area contributed by atoms with Crippen molar-refractivity contribution in [2.75, 3.05) is 0 Å². The van der Waals surface area contributed by atoms with Crippen LogP contribution in [0.15, 0.2) is 33.6 Å². The normalized spacial score (nSPS) is 13.5. The summed E-state index contributed by atoms with van der Waals surface area (Å²) in [6.07, 6.45) is -1.95. The molecule has 0 saturated heterocycles. The van der Waals surface area contributed by atoms with Crippen LogP contribution >= 0.6 is 0 Å². The van der Waals surface area contributed by atoms with Gasteiger partial charge in [0.2, 0.25) is 5.82 Å². The highest BCUT2D eigenvalue weighted by atomic mass is 19.4. The van der Waals surface area contributed by atoms with Crippen LogP contribution in [0.3, 0.4) is 0 Å². The smallest absolute Gasteiger partial charge is 0.364 e. The largest absolute Gasteiger partial charge is 0.435 e. The van der Waals surface area contributed by atoms with Crippen molar-refractivity contribution in [3.63, 3.8) is 0 Å². The van der Waals surface area contributed by atoms with E-state index in [9.17, 15) is 13.2 Å². The molecule has 0 radical (unpaired) electrons. The van der Waals surface area contributed by atoms with E-state index in [2.05, 4.69) is 24.9 Å². The van der Waals surface area contributed by atoms with Gasteiger partial charge in [-0.15, -0.1) is 0 Å². The van der Waals surface area contributed by atoms with Gasteiger partial charge in [-0.3, -0.25) is 4.68 Å². The van der Waals surface area contributed by atoms with Crippen LogP contribution in [0, 0.1) is 0 Å². The van der Waals surface area contributed by atoms with Crippen molar-refractivity contribution in [3.05, 3.63) is 36.2 Å². The maximum Gasteiger partial charge on any atom is 0.435 e. The van der Waals surface area contributed by atoms with Crippen LogP contribution in [0.5, 0.6) is 0 Å². The topological polar surface area (TPSA) is 82.8 Å². The molecule has 10 heteroatoms. The highest BCUT2D eigenvalue weighted by Crippen LogP contribution is 2.28. The fourth-order valence-electron chi connectivity index (χ4n) is 1.65. The van der Waals surface area contributed by atoms with Crippen LogP contribution in [0.4, 0.5) is 13.2 Å². The van der Waals surface area contributed by atoms with Gasteiger partial charge in [-0.2, -0.15) is 23.3 Å². The maximum atomic E-state index is 12.5. The van der Waals surface area contributed by atoms with E-state index in [0.717, 1.165) is 10.7 Å². The summed E-state index contributed by atoms with van der Waals surface area (Å²) in [6, 6.07) is 1.77. The molecule has 3 aromatic rings. The Bertz CT molecular complexity index is 731. The van der Waals surface area contributed by atoms with Crippen molar-refractivity contribution in [2.45, 2.75) is 19.1 Å². The number of alkyl halides is 3. The second kappa shape index (κ2) is 4.72. The summed E-state index contributed by atoms with van der Waals surface area (Å²) < 4.78 is 48.3. The van der Waals surface area contributed by atoms with Crippen molar-refractivity contribution >= 4 is 0 Å². The Morgan fingerprint density at radius 2 is 2.05 bits per heavy atom. The number of hydrogen-bond acceptors (Lipinski definition) is 6. The highest BCUT2D eigenvalue weighted by molar-refractivity contribution is 5.45. The zero-order valence-corrected chi connectivity index (χ0v) is 10.6. The number of nitrogens with zero attached hydrogens (tertiary/aromatic N) is 5. The lowest BCUT2D eigenvalue weighted by atomic mass is 10.3. The summed E-state index contributed by atoms with van der Waals surface area (Å²) in [5.41, 5.74) is -0.612. The van der Waals surface area contributed by atoms with Gasteiger partial charge in [-0.05, 0) is 13.0 Å². The van der Waals surface area contributed by atoms with E-state index in [4.69, 9.17) is 4.52 Å².